The fourth-order valence-electron chi connectivity index (χ4n) is 1.31. The number of aliphatic hydroxyl groups is 2. The average Bonchev–Trinajstić information content (AvgIpc) is 2.25. The third-order valence-electron chi connectivity index (χ3n) is 2.21. The van der Waals surface area contributed by atoms with E-state index in [9.17, 15) is 19.4 Å². The van der Waals surface area contributed by atoms with Crippen LogP contribution in [0.4, 0.5) is 4.39 Å². The maximum Gasteiger partial charge on any atom is 0.216 e. The van der Waals surface area contributed by atoms with Crippen molar-refractivity contribution in [3.63, 3.8) is 0 Å². The van der Waals surface area contributed by atoms with Crippen LogP contribution in [-0.2, 0) is 4.79 Å². The predicted molar refractivity (Wildman–Crippen MR) is 63.8 cm³/mol. The number of carbonyl (C=O) groups is 1. The Kier molecular flexibility index (Phi) is 5.04. The van der Waals surface area contributed by atoms with Gasteiger partial charge in [0.15, 0.2) is 0 Å². The summed E-state index contributed by atoms with van der Waals surface area (Å²) in [6.07, 6.45) is -2.35. The number of hydrogen-bond donors (Lipinski definition) is 3. The molecule has 2 atom stereocenters. The Morgan fingerprint density at radius 2 is 2.18 bits per heavy atom. The molecule has 2 unspecified atom stereocenters. The smallest absolute Gasteiger partial charge is 0.216 e. The van der Waals surface area contributed by atoms with E-state index < -0.39 is 18.0 Å². The molecule has 1 aromatic rings. The Balaban J connectivity index is 2.74. The SMILES string of the molecule is CC(=O)NCC(O)C(O)c1ccc(F)cc1Br. The van der Waals surface area contributed by atoms with Gasteiger partial charge in [-0.25, -0.2) is 4.39 Å². The molecule has 0 spiro atoms. The lowest BCUT2D eigenvalue weighted by Gasteiger charge is -2.19. The number of benzene rings is 1. The van der Waals surface area contributed by atoms with Crippen molar-refractivity contribution in [3.05, 3.63) is 34.1 Å². The minimum Gasteiger partial charge on any atom is -0.388 e. The van der Waals surface area contributed by atoms with Crippen molar-refractivity contribution in [3.8, 4) is 0 Å². The maximum absolute atomic E-state index is 12.8. The molecule has 3 N–H and O–H groups in total. The van der Waals surface area contributed by atoms with E-state index in [0.717, 1.165) is 0 Å². The minimum absolute atomic E-state index is 0.0691. The van der Waals surface area contributed by atoms with Gasteiger partial charge in [0, 0.05) is 17.9 Å². The summed E-state index contributed by atoms with van der Waals surface area (Å²) in [5, 5.41) is 21.8. The van der Waals surface area contributed by atoms with Gasteiger partial charge in [-0.2, -0.15) is 0 Å². The van der Waals surface area contributed by atoms with Gasteiger partial charge >= 0.3 is 0 Å². The van der Waals surface area contributed by atoms with Crippen LogP contribution in [0.3, 0.4) is 0 Å². The Labute approximate surface area is 107 Å². The molecule has 0 aliphatic heterocycles. The normalized spacial score (nSPS) is 14.2. The Bertz CT molecular complexity index is 414. The van der Waals surface area contributed by atoms with Crippen LogP contribution in [0.5, 0.6) is 0 Å². The number of aliphatic hydroxyl groups excluding tert-OH is 2. The molecule has 94 valence electrons. The quantitative estimate of drug-likeness (QED) is 0.781. The van der Waals surface area contributed by atoms with E-state index in [2.05, 4.69) is 21.2 Å². The number of halogens is 2. The molecule has 0 saturated heterocycles. The van der Waals surface area contributed by atoms with Crippen molar-refractivity contribution < 1.29 is 19.4 Å². The van der Waals surface area contributed by atoms with Crippen molar-refractivity contribution in [2.24, 2.45) is 0 Å². The molecular weight excluding hydrogens is 293 g/mol. The van der Waals surface area contributed by atoms with Gasteiger partial charge in [0.2, 0.25) is 5.91 Å². The first-order valence-corrected chi connectivity index (χ1v) is 5.76. The summed E-state index contributed by atoms with van der Waals surface area (Å²) in [4.78, 5) is 10.7. The lowest BCUT2D eigenvalue weighted by atomic mass is 10.0. The van der Waals surface area contributed by atoms with E-state index >= 15 is 0 Å². The summed E-state index contributed by atoms with van der Waals surface area (Å²) >= 11 is 3.10. The molecule has 0 aliphatic rings. The molecule has 1 rings (SSSR count). The molecule has 17 heavy (non-hydrogen) atoms. The van der Waals surface area contributed by atoms with Crippen LogP contribution in [0.1, 0.15) is 18.6 Å². The zero-order valence-electron chi connectivity index (χ0n) is 9.15. The van der Waals surface area contributed by atoms with Crippen LogP contribution in [0.2, 0.25) is 0 Å². The standard InChI is InChI=1S/C11H13BrFNO3/c1-6(15)14-5-10(16)11(17)8-3-2-7(13)4-9(8)12/h2-4,10-11,16-17H,5H2,1H3,(H,14,15). The first-order valence-electron chi connectivity index (χ1n) is 4.97. The molecule has 0 bridgehead atoms. The molecule has 4 nitrogen and oxygen atoms in total. The van der Waals surface area contributed by atoms with Gasteiger partial charge in [-0.15, -0.1) is 0 Å². The average molecular weight is 306 g/mol. The third kappa shape index (κ3) is 4.07. The minimum atomic E-state index is -1.20. The van der Waals surface area contributed by atoms with Crippen molar-refractivity contribution in [1.29, 1.82) is 0 Å². The van der Waals surface area contributed by atoms with Crippen molar-refractivity contribution >= 4 is 21.8 Å². The van der Waals surface area contributed by atoms with Gasteiger partial charge in [-0.3, -0.25) is 4.79 Å². The molecule has 1 aromatic carbocycles. The van der Waals surface area contributed by atoms with Crippen molar-refractivity contribution in [1.82, 2.24) is 5.32 Å². The van der Waals surface area contributed by atoms with E-state index in [1.807, 2.05) is 0 Å². The van der Waals surface area contributed by atoms with Crippen LogP contribution in [0.25, 0.3) is 0 Å². The monoisotopic (exact) mass is 305 g/mol. The van der Waals surface area contributed by atoms with Gasteiger partial charge in [-0.05, 0) is 17.7 Å². The van der Waals surface area contributed by atoms with Crippen LogP contribution < -0.4 is 5.32 Å². The molecule has 6 heteroatoms. The maximum atomic E-state index is 12.8. The summed E-state index contributed by atoms with van der Waals surface area (Å²) in [5.41, 5.74) is 0.365. The van der Waals surface area contributed by atoms with E-state index in [1.165, 1.54) is 25.1 Å². The molecule has 0 aliphatic carbocycles. The number of nitrogens with one attached hydrogen (secondary N) is 1. The van der Waals surface area contributed by atoms with Gasteiger partial charge in [0.05, 0.1) is 0 Å². The van der Waals surface area contributed by atoms with Crippen LogP contribution in [0, 0.1) is 5.82 Å². The van der Waals surface area contributed by atoms with Gasteiger partial charge < -0.3 is 15.5 Å². The summed E-state index contributed by atoms with van der Waals surface area (Å²) in [6.45, 7) is 1.24. The molecular formula is C11H13BrFNO3. The topological polar surface area (TPSA) is 69.6 Å². The van der Waals surface area contributed by atoms with Gasteiger partial charge in [0.25, 0.3) is 0 Å². The van der Waals surface area contributed by atoms with Crippen LogP contribution >= 0.6 is 15.9 Å². The zero-order valence-corrected chi connectivity index (χ0v) is 10.7. The highest BCUT2D eigenvalue weighted by molar-refractivity contribution is 9.10. The molecule has 0 radical (unpaired) electrons. The van der Waals surface area contributed by atoms with Gasteiger partial charge in [0.1, 0.15) is 18.0 Å². The Morgan fingerprint density at radius 3 is 2.71 bits per heavy atom. The highest BCUT2D eigenvalue weighted by atomic mass is 79.9. The summed E-state index contributed by atoms with van der Waals surface area (Å²) in [7, 11) is 0. The second-order valence-corrected chi connectivity index (χ2v) is 4.47. The predicted octanol–water partition coefficient (Wildman–Crippen LogP) is 1.12. The van der Waals surface area contributed by atoms with E-state index in [4.69, 9.17) is 0 Å². The van der Waals surface area contributed by atoms with Gasteiger partial charge in [-0.1, -0.05) is 22.0 Å². The first kappa shape index (κ1) is 14.1. The van der Waals surface area contributed by atoms with Crippen molar-refractivity contribution in [2.75, 3.05) is 6.54 Å². The van der Waals surface area contributed by atoms with Crippen molar-refractivity contribution in [2.45, 2.75) is 19.1 Å². The Morgan fingerprint density at radius 1 is 1.53 bits per heavy atom. The highest BCUT2D eigenvalue weighted by Gasteiger charge is 2.20. The number of amides is 1. The fraction of sp³-hybridized carbons (Fsp3) is 0.364. The second-order valence-electron chi connectivity index (χ2n) is 3.62. The van der Waals surface area contributed by atoms with Crippen LogP contribution in [0.15, 0.2) is 22.7 Å². The summed E-state index contributed by atoms with van der Waals surface area (Å²) in [5.74, 6) is -0.737. The summed E-state index contributed by atoms with van der Waals surface area (Å²) in [6, 6.07) is 3.76. The largest absolute Gasteiger partial charge is 0.388 e. The summed E-state index contributed by atoms with van der Waals surface area (Å²) < 4.78 is 13.2. The van der Waals surface area contributed by atoms with E-state index in [0.29, 0.717) is 10.0 Å². The second kappa shape index (κ2) is 6.09. The third-order valence-corrected chi connectivity index (χ3v) is 2.89. The lowest BCUT2D eigenvalue weighted by molar-refractivity contribution is -0.119. The molecule has 1 amide bonds. The Hall–Kier alpha value is -0.980. The molecule has 0 fully saturated rings. The van der Waals surface area contributed by atoms with E-state index in [-0.39, 0.29) is 12.5 Å². The molecule has 0 aromatic heterocycles. The first-order chi connectivity index (χ1) is 7.91. The molecule has 0 saturated carbocycles. The zero-order chi connectivity index (χ0) is 13.0. The fourth-order valence-corrected chi connectivity index (χ4v) is 1.89. The number of carbonyl (C=O) groups excluding carboxylic acids is 1. The lowest BCUT2D eigenvalue weighted by Crippen LogP contribution is -2.34. The number of hydrogen-bond acceptors (Lipinski definition) is 3. The van der Waals surface area contributed by atoms with Crippen LogP contribution in [-0.4, -0.2) is 28.8 Å². The number of rotatable bonds is 4. The highest BCUT2D eigenvalue weighted by Crippen LogP contribution is 2.26. The molecule has 0 heterocycles. The van der Waals surface area contributed by atoms with E-state index in [1.54, 1.807) is 0 Å².